The van der Waals surface area contributed by atoms with Crippen molar-refractivity contribution in [1.29, 1.82) is 0 Å². The van der Waals surface area contributed by atoms with Gasteiger partial charge in [-0.2, -0.15) is 0 Å². The summed E-state index contributed by atoms with van der Waals surface area (Å²) in [6.45, 7) is 0. The molecular formula is C17H13Cl3N4OS. The SMILES string of the molecule is Cn1c(SCC(=O)Nc2cc(Cl)c(Cl)cc2Cl)nnc1-c1ccccc1. The molecule has 2 aromatic carbocycles. The molecule has 3 aromatic rings. The molecule has 5 nitrogen and oxygen atoms in total. The van der Waals surface area contributed by atoms with Gasteiger partial charge in [0.05, 0.1) is 26.5 Å². The highest BCUT2D eigenvalue weighted by Crippen LogP contribution is 2.32. The van der Waals surface area contributed by atoms with Crippen molar-refractivity contribution in [1.82, 2.24) is 14.8 Å². The number of benzene rings is 2. The minimum atomic E-state index is -0.237. The van der Waals surface area contributed by atoms with Crippen LogP contribution in [0.4, 0.5) is 5.69 Å². The van der Waals surface area contributed by atoms with Crippen LogP contribution in [0.25, 0.3) is 11.4 Å². The van der Waals surface area contributed by atoms with Gasteiger partial charge in [-0.05, 0) is 12.1 Å². The molecule has 1 aromatic heterocycles. The molecule has 0 aliphatic heterocycles. The Balaban J connectivity index is 1.66. The number of anilines is 1. The summed E-state index contributed by atoms with van der Waals surface area (Å²) in [4.78, 5) is 12.2. The second-order valence-electron chi connectivity index (χ2n) is 5.31. The Morgan fingerprint density at radius 2 is 1.77 bits per heavy atom. The van der Waals surface area contributed by atoms with Gasteiger partial charge in [-0.1, -0.05) is 76.9 Å². The molecule has 0 aliphatic rings. The summed E-state index contributed by atoms with van der Waals surface area (Å²) in [5.41, 5.74) is 1.37. The summed E-state index contributed by atoms with van der Waals surface area (Å²) in [6.07, 6.45) is 0. The van der Waals surface area contributed by atoms with E-state index in [2.05, 4.69) is 15.5 Å². The fourth-order valence-corrected chi connectivity index (χ4v) is 3.52. The van der Waals surface area contributed by atoms with Crippen molar-refractivity contribution in [2.45, 2.75) is 5.16 Å². The third-order valence-electron chi connectivity index (χ3n) is 3.48. The van der Waals surface area contributed by atoms with E-state index >= 15 is 0 Å². The molecule has 0 saturated heterocycles. The molecule has 0 unspecified atom stereocenters. The van der Waals surface area contributed by atoms with Gasteiger partial charge in [0, 0.05) is 12.6 Å². The lowest BCUT2D eigenvalue weighted by molar-refractivity contribution is -0.113. The summed E-state index contributed by atoms with van der Waals surface area (Å²) >= 11 is 19.2. The largest absolute Gasteiger partial charge is 0.324 e. The Bertz CT molecular complexity index is 947. The number of nitrogens with zero attached hydrogens (tertiary/aromatic N) is 3. The summed E-state index contributed by atoms with van der Waals surface area (Å²) < 4.78 is 1.85. The molecule has 0 spiro atoms. The lowest BCUT2D eigenvalue weighted by Crippen LogP contribution is -2.14. The van der Waals surface area contributed by atoms with E-state index in [1.54, 1.807) is 0 Å². The quantitative estimate of drug-likeness (QED) is 0.450. The van der Waals surface area contributed by atoms with Crippen LogP contribution in [0, 0.1) is 0 Å². The van der Waals surface area contributed by atoms with Gasteiger partial charge in [0.15, 0.2) is 11.0 Å². The summed E-state index contributed by atoms with van der Waals surface area (Å²) in [5.74, 6) is 0.651. The highest BCUT2D eigenvalue weighted by atomic mass is 35.5. The first-order chi connectivity index (χ1) is 12.5. The van der Waals surface area contributed by atoms with Crippen molar-refractivity contribution in [3.8, 4) is 11.4 Å². The Morgan fingerprint density at radius 1 is 1.08 bits per heavy atom. The van der Waals surface area contributed by atoms with Crippen LogP contribution in [-0.4, -0.2) is 26.4 Å². The maximum absolute atomic E-state index is 12.2. The Hall–Kier alpha value is -1.73. The van der Waals surface area contributed by atoms with E-state index in [-0.39, 0.29) is 11.7 Å². The van der Waals surface area contributed by atoms with Crippen LogP contribution in [-0.2, 0) is 11.8 Å². The predicted octanol–water partition coefficient (Wildman–Crippen LogP) is 5.17. The van der Waals surface area contributed by atoms with Crippen molar-refractivity contribution in [2.75, 3.05) is 11.1 Å². The third-order valence-corrected chi connectivity index (χ3v) is 5.54. The molecule has 3 rings (SSSR count). The van der Waals surface area contributed by atoms with E-state index in [1.165, 1.54) is 23.9 Å². The zero-order valence-corrected chi connectivity index (χ0v) is 16.6. The van der Waals surface area contributed by atoms with Crippen LogP contribution < -0.4 is 5.32 Å². The van der Waals surface area contributed by atoms with Crippen molar-refractivity contribution in [3.05, 3.63) is 57.5 Å². The van der Waals surface area contributed by atoms with Gasteiger partial charge in [-0.15, -0.1) is 10.2 Å². The zero-order valence-electron chi connectivity index (χ0n) is 13.5. The molecule has 0 radical (unpaired) electrons. The van der Waals surface area contributed by atoms with Crippen LogP contribution in [0.15, 0.2) is 47.6 Å². The summed E-state index contributed by atoms with van der Waals surface area (Å²) in [6, 6.07) is 12.7. The zero-order chi connectivity index (χ0) is 18.7. The molecular weight excluding hydrogens is 415 g/mol. The van der Waals surface area contributed by atoms with Crippen molar-refractivity contribution < 1.29 is 4.79 Å². The van der Waals surface area contributed by atoms with Gasteiger partial charge in [0.1, 0.15) is 0 Å². The minimum absolute atomic E-state index is 0.150. The van der Waals surface area contributed by atoms with Gasteiger partial charge >= 0.3 is 0 Å². The summed E-state index contributed by atoms with van der Waals surface area (Å²) in [7, 11) is 1.86. The van der Waals surface area contributed by atoms with Crippen molar-refractivity contribution in [2.24, 2.45) is 7.05 Å². The molecule has 1 heterocycles. The van der Waals surface area contributed by atoms with E-state index in [0.29, 0.717) is 25.9 Å². The lowest BCUT2D eigenvalue weighted by Gasteiger charge is -2.08. The first-order valence-electron chi connectivity index (χ1n) is 7.47. The number of hydrogen-bond acceptors (Lipinski definition) is 4. The number of thioether (sulfide) groups is 1. The Kier molecular flexibility index (Phi) is 6.09. The number of hydrogen-bond donors (Lipinski definition) is 1. The molecule has 0 aliphatic carbocycles. The fraction of sp³-hybridized carbons (Fsp3) is 0.118. The predicted molar refractivity (Wildman–Crippen MR) is 107 cm³/mol. The topological polar surface area (TPSA) is 59.8 Å². The second kappa shape index (κ2) is 8.31. The maximum Gasteiger partial charge on any atom is 0.234 e. The molecule has 1 amide bonds. The van der Waals surface area contributed by atoms with Gasteiger partial charge in [0.25, 0.3) is 0 Å². The van der Waals surface area contributed by atoms with E-state index in [9.17, 15) is 4.79 Å². The highest BCUT2D eigenvalue weighted by molar-refractivity contribution is 7.99. The molecule has 9 heteroatoms. The first-order valence-corrected chi connectivity index (χ1v) is 9.59. The fourth-order valence-electron chi connectivity index (χ4n) is 2.21. The molecule has 0 bridgehead atoms. The molecule has 26 heavy (non-hydrogen) atoms. The van der Waals surface area contributed by atoms with E-state index < -0.39 is 0 Å². The van der Waals surface area contributed by atoms with Gasteiger partial charge in [-0.3, -0.25) is 4.79 Å². The number of aromatic nitrogens is 3. The van der Waals surface area contributed by atoms with Gasteiger partial charge in [0.2, 0.25) is 5.91 Å². The Morgan fingerprint density at radius 3 is 2.50 bits per heavy atom. The monoisotopic (exact) mass is 426 g/mol. The van der Waals surface area contributed by atoms with E-state index in [1.807, 2.05) is 41.9 Å². The molecule has 1 N–H and O–H groups in total. The number of carbonyl (C=O) groups is 1. The van der Waals surface area contributed by atoms with Gasteiger partial charge in [-0.25, -0.2) is 0 Å². The standard InChI is InChI=1S/C17H13Cl3N4OS/c1-24-16(10-5-3-2-4-6-10)22-23-17(24)26-9-15(25)21-14-8-12(19)11(18)7-13(14)20/h2-8H,9H2,1H3,(H,21,25). The number of nitrogens with one attached hydrogen (secondary N) is 1. The van der Waals surface area contributed by atoms with Crippen molar-refractivity contribution >= 4 is 58.2 Å². The van der Waals surface area contributed by atoms with E-state index in [0.717, 1.165) is 11.4 Å². The van der Waals surface area contributed by atoms with Crippen LogP contribution >= 0.6 is 46.6 Å². The number of carbonyl (C=O) groups excluding carboxylic acids is 1. The normalized spacial score (nSPS) is 10.8. The number of halogens is 3. The molecule has 0 fully saturated rings. The van der Waals surface area contributed by atoms with Crippen molar-refractivity contribution in [3.63, 3.8) is 0 Å². The number of rotatable bonds is 5. The summed E-state index contributed by atoms with van der Waals surface area (Å²) in [5, 5.41) is 12.7. The van der Waals surface area contributed by atoms with Crippen LogP contribution in [0.3, 0.4) is 0 Å². The van der Waals surface area contributed by atoms with E-state index in [4.69, 9.17) is 34.8 Å². The lowest BCUT2D eigenvalue weighted by atomic mass is 10.2. The maximum atomic E-state index is 12.2. The molecule has 0 saturated carbocycles. The highest BCUT2D eigenvalue weighted by Gasteiger charge is 2.14. The van der Waals surface area contributed by atoms with Gasteiger partial charge < -0.3 is 9.88 Å². The Labute approximate surface area is 169 Å². The van der Waals surface area contributed by atoms with Crippen LogP contribution in [0.2, 0.25) is 15.1 Å². The molecule has 134 valence electrons. The third kappa shape index (κ3) is 4.32. The second-order valence-corrected chi connectivity index (χ2v) is 7.48. The average Bonchev–Trinajstić information content (AvgIpc) is 2.99. The first kappa shape index (κ1) is 19.0. The van der Waals surface area contributed by atoms with Crippen LogP contribution in [0.5, 0.6) is 0 Å². The average molecular weight is 428 g/mol. The minimum Gasteiger partial charge on any atom is -0.324 e. The number of amides is 1. The smallest absolute Gasteiger partial charge is 0.234 e. The van der Waals surface area contributed by atoms with Crippen LogP contribution in [0.1, 0.15) is 0 Å². The molecule has 0 atom stereocenters.